The Labute approximate surface area is 158 Å². The Bertz CT molecular complexity index is 666. The van der Waals surface area contributed by atoms with Crippen molar-refractivity contribution >= 4 is 11.1 Å². The van der Waals surface area contributed by atoms with E-state index in [1.165, 1.54) is 48.2 Å². The molecule has 4 rings (SSSR count). The summed E-state index contributed by atoms with van der Waals surface area (Å²) < 4.78 is 0. The molecule has 0 fully saturated rings. The molecule has 2 aliphatic rings. The molecule has 2 aromatic carbocycles. The Hall–Kier alpha value is -2.16. The third kappa shape index (κ3) is 5.42. The molecule has 0 radical (unpaired) electrons. The number of likely N-dealkylation sites (N-methyl/N-ethyl adjacent to an activating group) is 2. The molecule has 0 saturated carbocycles. The Morgan fingerprint density at radius 3 is 1.27 bits per heavy atom. The van der Waals surface area contributed by atoms with Gasteiger partial charge in [0.25, 0.3) is 0 Å². The van der Waals surface area contributed by atoms with E-state index in [4.69, 9.17) is 0 Å². The van der Waals surface area contributed by atoms with Crippen LogP contribution in [0.3, 0.4) is 0 Å². The number of hydrogen-bond acceptors (Lipinski definition) is 2. The fourth-order valence-corrected chi connectivity index (χ4v) is 3.37. The highest BCUT2D eigenvalue weighted by Crippen LogP contribution is 2.21. The van der Waals surface area contributed by atoms with Crippen LogP contribution in [0.2, 0.25) is 0 Å². The Balaban J connectivity index is 0.000000151. The molecule has 26 heavy (non-hydrogen) atoms. The fraction of sp³-hybridized carbons (Fsp3) is 0.333. The maximum Gasteiger partial charge on any atom is 0.0166 e. The first-order chi connectivity index (χ1) is 12.7. The van der Waals surface area contributed by atoms with Crippen molar-refractivity contribution in [2.75, 3.05) is 40.3 Å². The van der Waals surface area contributed by atoms with Gasteiger partial charge in [0, 0.05) is 26.2 Å². The number of hydrogen-bond donors (Lipinski definition) is 0. The van der Waals surface area contributed by atoms with E-state index < -0.39 is 0 Å². The minimum Gasteiger partial charge on any atom is -0.302 e. The van der Waals surface area contributed by atoms with Crippen LogP contribution in [-0.2, 0) is 0 Å². The summed E-state index contributed by atoms with van der Waals surface area (Å²) in [6, 6.07) is 21.3. The lowest BCUT2D eigenvalue weighted by atomic mass is 10.00. The molecule has 0 aromatic heterocycles. The van der Waals surface area contributed by atoms with Crippen molar-refractivity contribution in [2.45, 2.75) is 12.8 Å². The van der Waals surface area contributed by atoms with E-state index in [2.05, 4.69) is 96.7 Å². The third-order valence-electron chi connectivity index (χ3n) is 5.11. The zero-order chi connectivity index (χ0) is 18.2. The van der Waals surface area contributed by atoms with Crippen LogP contribution in [0.5, 0.6) is 0 Å². The second-order valence-corrected chi connectivity index (χ2v) is 7.22. The van der Waals surface area contributed by atoms with Crippen LogP contribution in [0.25, 0.3) is 11.1 Å². The molecule has 0 N–H and O–H groups in total. The van der Waals surface area contributed by atoms with Crippen molar-refractivity contribution in [3.8, 4) is 0 Å². The minimum atomic E-state index is 1.09. The zero-order valence-electron chi connectivity index (χ0n) is 16.1. The van der Waals surface area contributed by atoms with Crippen LogP contribution in [0.15, 0.2) is 72.8 Å². The normalized spacial score (nSPS) is 18.4. The van der Waals surface area contributed by atoms with E-state index in [1.54, 1.807) is 0 Å². The van der Waals surface area contributed by atoms with Gasteiger partial charge in [0.1, 0.15) is 0 Å². The van der Waals surface area contributed by atoms with Crippen LogP contribution in [-0.4, -0.2) is 50.1 Å². The maximum atomic E-state index is 2.34. The van der Waals surface area contributed by atoms with Gasteiger partial charge in [0.15, 0.2) is 0 Å². The number of rotatable bonds is 2. The van der Waals surface area contributed by atoms with Crippen molar-refractivity contribution in [3.05, 3.63) is 83.9 Å². The predicted octanol–water partition coefficient (Wildman–Crippen LogP) is 4.81. The van der Waals surface area contributed by atoms with Crippen molar-refractivity contribution in [2.24, 2.45) is 0 Å². The summed E-state index contributed by atoms with van der Waals surface area (Å²) >= 11 is 0. The largest absolute Gasteiger partial charge is 0.302 e. The van der Waals surface area contributed by atoms with Gasteiger partial charge in [0.05, 0.1) is 0 Å². The molecule has 0 spiro atoms. The van der Waals surface area contributed by atoms with Gasteiger partial charge >= 0.3 is 0 Å². The molecule has 0 saturated heterocycles. The minimum absolute atomic E-state index is 1.09. The SMILES string of the molecule is CN1CC=C(c2ccccc2)CC1.CN1CC=C(c2ccccc2)CC1. The maximum absolute atomic E-state index is 2.34. The lowest BCUT2D eigenvalue weighted by molar-refractivity contribution is 0.370. The molecule has 0 atom stereocenters. The molecule has 136 valence electrons. The first-order valence-corrected chi connectivity index (χ1v) is 9.58. The van der Waals surface area contributed by atoms with Crippen molar-refractivity contribution in [3.63, 3.8) is 0 Å². The van der Waals surface area contributed by atoms with Crippen molar-refractivity contribution < 1.29 is 0 Å². The first-order valence-electron chi connectivity index (χ1n) is 9.58. The Kier molecular flexibility index (Phi) is 6.82. The molecule has 0 bridgehead atoms. The van der Waals surface area contributed by atoms with E-state index in [9.17, 15) is 0 Å². The second kappa shape index (κ2) is 9.51. The lowest BCUT2D eigenvalue weighted by Crippen LogP contribution is -2.23. The molecular formula is C24H30N2. The summed E-state index contributed by atoms with van der Waals surface area (Å²) in [6.45, 7) is 4.54. The smallest absolute Gasteiger partial charge is 0.0166 e. The summed E-state index contributed by atoms with van der Waals surface area (Å²) in [5.41, 5.74) is 5.77. The van der Waals surface area contributed by atoms with Gasteiger partial charge in [0.2, 0.25) is 0 Å². The summed E-state index contributed by atoms with van der Waals surface area (Å²) in [4.78, 5) is 4.68. The van der Waals surface area contributed by atoms with E-state index >= 15 is 0 Å². The van der Waals surface area contributed by atoms with Gasteiger partial charge < -0.3 is 9.80 Å². The van der Waals surface area contributed by atoms with E-state index in [1.807, 2.05) is 0 Å². The number of nitrogens with zero attached hydrogens (tertiary/aromatic N) is 2. The van der Waals surface area contributed by atoms with Gasteiger partial charge in [-0.2, -0.15) is 0 Å². The van der Waals surface area contributed by atoms with Crippen LogP contribution in [0, 0.1) is 0 Å². The molecule has 0 amide bonds. The molecule has 2 heterocycles. The average Bonchev–Trinajstić information content (AvgIpc) is 2.71. The summed E-state index contributed by atoms with van der Waals surface area (Å²) in [5.74, 6) is 0. The molecule has 2 aromatic rings. The molecule has 0 unspecified atom stereocenters. The van der Waals surface area contributed by atoms with Gasteiger partial charge in [-0.3, -0.25) is 0 Å². The quantitative estimate of drug-likeness (QED) is 0.770. The van der Waals surface area contributed by atoms with Crippen LogP contribution >= 0.6 is 0 Å². The fourth-order valence-electron chi connectivity index (χ4n) is 3.37. The Morgan fingerprint density at radius 2 is 0.962 bits per heavy atom. The van der Waals surface area contributed by atoms with Crippen LogP contribution in [0.1, 0.15) is 24.0 Å². The molecule has 2 heteroatoms. The van der Waals surface area contributed by atoms with E-state index in [0.29, 0.717) is 0 Å². The molecule has 2 nitrogen and oxygen atoms in total. The summed E-state index contributed by atoms with van der Waals surface area (Å²) in [6.07, 6.45) is 7.03. The highest BCUT2D eigenvalue weighted by molar-refractivity contribution is 5.67. The Morgan fingerprint density at radius 1 is 0.577 bits per heavy atom. The summed E-state index contributed by atoms with van der Waals surface area (Å²) in [5, 5.41) is 0. The monoisotopic (exact) mass is 346 g/mol. The van der Waals surface area contributed by atoms with Gasteiger partial charge in [-0.25, -0.2) is 0 Å². The standard InChI is InChI=1S/2C12H15N/c2*1-13-9-7-12(8-10-13)11-5-3-2-4-6-11/h2*2-7H,8-10H2,1H3. The first kappa shape index (κ1) is 18.6. The van der Waals surface area contributed by atoms with E-state index in [0.717, 1.165) is 13.1 Å². The second-order valence-electron chi connectivity index (χ2n) is 7.22. The lowest BCUT2D eigenvalue weighted by Gasteiger charge is -2.21. The highest BCUT2D eigenvalue weighted by Gasteiger charge is 2.09. The molecule has 0 aliphatic carbocycles. The molecular weight excluding hydrogens is 316 g/mol. The zero-order valence-corrected chi connectivity index (χ0v) is 16.1. The topological polar surface area (TPSA) is 6.48 Å². The average molecular weight is 347 g/mol. The van der Waals surface area contributed by atoms with Gasteiger partial charge in [-0.1, -0.05) is 72.8 Å². The van der Waals surface area contributed by atoms with Gasteiger partial charge in [-0.05, 0) is 49.2 Å². The van der Waals surface area contributed by atoms with E-state index in [-0.39, 0.29) is 0 Å². The highest BCUT2D eigenvalue weighted by atomic mass is 15.1. The van der Waals surface area contributed by atoms with Gasteiger partial charge in [-0.15, -0.1) is 0 Å². The van der Waals surface area contributed by atoms with Crippen LogP contribution < -0.4 is 0 Å². The van der Waals surface area contributed by atoms with Crippen LogP contribution in [0.4, 0.5) is 0 Å². The predicted molar refractivity (Wildman–Crippen MR) is 113 cm³/mol. The van der Waals surface area contributed by atoms with Crippen molar-refractivity contribution in [1.29, 1.82) is 0 Å². The summed E-state index contributed by atoms with van der Waals surface area (Å²) in [7, 11) is 4.33. The van der Waals surface area contributed by atoms with Crippen molar-refractivity contribution in [1.82, 2.24) is 9.80 Å². The molecule has 2 aliphatic heterocycles. The third-order valence-corrected chi connectivity index (χ3v) is 5.11. The number of benzene rings is 2.